The Kier molecular flexibility index (Phi) is 7.56. The third-order valence-corrected chi connectivity index (χ3v) is 6.44. The Morgan fingerprint density at radius 2 is 1.79 bits per heavy atom. The van der Waals surface area contributed by atoms with Gasteiger partial charge in [0.25, 0.3) is 0 Å². The first-order chi connectivity index (χ1) is 15.7. The predicted molar refractivity (Wildman–Crippen MR) is 127 cm³/mol. The van der Waals surface area contributed by atoms with Gasteiger partial charge in [-0.25, -0.2) is 0 Å². The van der Waals surface area contributed by atoms with Crippen molar-refractivity contribution in [1.82, 2.24) is 5.32 Å². The number of thioether (sulfide) groups is 1. The van der Waals surface area contributed by atoms with E-state index in [4.69, 9.17) is 4.74 Å². The predicted octanol–water partition coefficient (Wildman–Crippen LogP) is 3.72. The van der Waals surface area contributed by atoms with Crippen molar-refractivity contribution in [1.29, 1.82) is 5.26 Å². The van der Waals surface area contributed by atoms with Crippen LogP contribution < -0.4 is 10.6 Å². The quantitative estimate of drug-likeness (QED) is 0.499. The molecule has 0 aromatic heterocycles. The number of esters is 1. The van der Waals surface area contributed by atoms with Crippen LogP contribution in [0.25, 0.3) is 0 Å². The van der Waals surface area contributed by atoms with E-state index in [1.54, 1.807) is 12.1 Å². The van der Waals surface area contributed by atoms with Crippen molar-refractivity contribution < 1.29 is 19.1 Å². The zero-order valence-electron chi connectivity index (χ0n) is 18.9. The summed E-state index contributed by atoms with van der Waals surface area (Å²) in [6, 6.07) is 15.2. The largest absolute Gasteiger partial charge is 0.468 e. The van der Waals surface area contributed by atoms with Gasteiger partial charge in [-0.2, -0.15) is 5.26 Å². The number of benzene rings is 2. The summed E-state index contributed by atoms with van der Waals surface area (Å²) in [7, 11) is 1.21. The molecule has 0 spiro atoms. The highest BCUT2D eigenvalue weighted by Crippen LogP contribution is 2.40. The number of hydrogen-bond donors (Lipinski definition) is 2. The van der Waals surface area contributed by atoms with Gasteiger partial charge >= 0.3 is 5.97 Å². The van der Waals surface area contributed by atoms with Gasteiger partial charge in [-0.05, 0) is 38.0 Å². The van der Waals surface area contributed by atoms with E-state index in [9.17, 15) is 19.6 Å². The Labute approximate surface area is 197 Å². The lowest BCUT2D eigenvalue weighted by Gasteiger charge is -2.31. The monoisotopic (exact) mass is 463 g/mol. The Bertz CT molecular complexity index is 1170. The van der Waals surface area contributed by atoms with E-state index in [0.29, 0.717) is 11.3 Å². The van der Waals surface area contributed by atoms with Crippen LogP contribution in [0.1, 0.15) is 28.2 Å². The molecule has 2 aromatic rings. The number of nitrogens with zero attached hydrogens (tertiary/aromatic N) is 1. The number of hydrogen-bond acceptors (Lipinski definition) is 6. The molecule has 1 aliphatic rings. The van der Waals surface area contributed by atoms with Crippen molar-refractivity contribution >= 4 is 35.2 Å². The van der Waals surface area contributed by atoms with Gasteiger partial charge in [0.2, 0.25) is 11.8 Å². The van der Waals surface area contributed by atoms with E-state index >= 15 is 0 Å². The second-order valence-corrected chi connectivity index (χ2v) is 8.87. The molecule has 2 aromatic carbocycles. The minimum Gasteiger partial charge on any atom is -0.468 e. The van der Waals surface area contributed by atoms with Crippen molar-refractivity contribution in [3.05, 3.63) is 75.3 Å². The molecule has 2 amide bonds. The molecule has 2 unspecified atom stereocenters. The van der Waals surface area contributed by atoms with E-state index in [-0.39, 0.29) is 22.3 Å². The topological polar surface area (TPSA) is 108 Å². The average molecular weight is 464 g/mol. The standard InChI is InChI=1S/C25H25N3O4S/c1-14-5-8-17(9-6-14)21-18(12-26)24(28-23(30)22(21)25(31)32-4)33-13-20(29)27-19-10-7-15(2)11-16(19)3/h5-11,21-22H,13H2,1-4H3,(H,27,29)(H,28,30). The number of nitrogens with one attached hydrogen (secondary N) is 2. The summed E-state index contributed by atoms with van der Waals surface area (Å²) < 4.78 is 4.85. The molecule has 33 heavy (non-hydrogen) atoms. The number of anilines is 1. The Balaban J connectivity index is 1.88. The molecule has 1 aliphatic heterocycles. The van der Waals surface area contributed by atoms with Gasteiger partial charge in [0.1, 0.15) is 5.92 Å². The molecule has 2 N–H and O–H groups in total. The van der Waals surface area contributed by atoms with E-state index in [1.807, 2.05) is 51.1 Å². The number of methoxy groups -OCH3 is 1. The smallest absolute Gasteiger partial charge is 0.319 e. The molecule has 170 valence electrons. The maximum absolute atomic E-state index is 12.9. The molecule has 0 fully saturated rings. The number of carbonyl (C=O) groups is 3. The van der Waals surface area contributed by atoms with Gasteiger partial charge in [0.15, 0.2) is 0 Å². The van der Waals surface area contributed by atoms with Crippen LogP contribution in [0.15, 0.2) is 53.1 Å². The second kappa shape index (κ2) is 10.4. The highest BCUT2D eigenvalue weighted by Gasteiger charge is 2.44. The maximum Gasteiger partial charge on any atom is 0.319 e. The first-order valence-electron chi connectivity index (χ1n) is 10.3. The molecule has 0 saturated heterocycles. The fourth-order valence-electron chi connectivity index (χ4n) is 3.73. The zero-order chi connectivity index (χ0) is 24.1. The molecule has 0 bridgehead atoms. The molecule has 8 heteroatoms. The second-order valence-electron chi connectivity index (χ2n) is 7.89. The lowest BCUT2D eigenvalue weighted by Crippen LogP contribution is -2.44. The van der Waals surface area contributed by atoms with E-state index in [2.05, 4.69) is 16.7 Å². The van der Waals surface area contributed by atoms with Gasteiger partial charge in [-0.15, -0.1) is 0 Å². The highest BCUT2D eigenvalue weighted by atomic mass is 32.2. The Hall–Kier alpha value is -3.57. The van der Waals surface area contributed by atoms with Crippen molar-refractivity contribution in [3.8, 4) is 6.07 Å². The van der Waals surface area contributed by atoms with Crippen LogP contribution in [0, 0.1) is 38.0 Å². The van der Waals surface area contributed by atoms with E-state index < -0.39 is 23.7 Å². The summed E-state index contributed by atoms with van der Waals surface area (Å²) in [5.41, 5.74) is 4.62. The Morgan fingerprint density at radius 3 is 2.39 bits per heavy atom. The first kappa shape index (κ1) is 24.1. The van der Waals surface area contributed by atoms with Crippen molar-refractivity contribution in [2.24, 2.45) is 5.92 Å². The summed E-state index contributed by atoms with van der Waals surface area (Å²) >= 11 is 1.05. The molecule has 1 heterocycles. The molecule has 3 rings (SSSR count). The molecule has 0 aliphatic carbocycles. The third-order valence-electron chi connectivity index (χ3n) is 5.42. The summed E-state index contributed by atoms with van der Waals surface area (Å²) in [6.07, 6.45) is 0. The summed E-state index contributed by atoms with van der Waals surface area (Å²) in [4.78, 5) is 37.8. The fourth-order valence-corrected chi connectivity index (χ4v) is 4.58. The van der Waals surface area contributed by atoms with Crippen LogP contribution in [0.4, 0.5) is 5.69 Å². The number of ether oxygens (including phenoxy) is 1. The van der Waals surface area contributed by atoms with Crippen molar-refractivity contribution in [2.75, 3.05) is 18.2 Å². The van der Waals surface area contributed by atoms with Crippen LogP contribution in [-0.2, 0) is 19.1 Å². The summed E-state index contributed by atoms with van der Waals surface area (Å²) in [6.45, 7) is 5.81. The summed E-state index contributed by atoms with van der Waals surface area (Å²) in [5.74, 6) is -3.57. The number of aryl methyl sites for hydroxylation is 3. The Morgan fingerprint density at radius 1 is 1.12 bits per heavy atom. The van der Waals surface area contributed by atoms with Crippen molar-refractivity contribution in [2.45, 2.75) is 26.7 Å². The number of rotatable bonds is 6. The van der Waals surface area contributed by atoms with E-state index in [0.717, 1.165) is 28.5 Å². The lowest BCUT2D eigenvalue weighted by atomic mass is 9.78. The van der Waals surface area contributed by atoms with Gasteiger partial charge in [-0.3, -0.25) is 14.4 Å². The molecule has 2 atom stereocenters. The first-order valence-corrected chi connectivity index (χ1v) is 11.3. The van der Waals surface area contributed by atoms with Crippen LogP contribution >= 0.6 is 11.8 Å². The number of amides is 2. The highest BCUT2D eigenvalue weighted by molar-refractivity contribution is 8.03. The van der Waals surface area contributed by atoms with Crippen LogP contribution in [0.5, 0.6) is 0 Å². The van der Waals surface area contributed by atoms with Crippen LogP contribution in [-0.4, -0.2) is 30.6 Å². The maximum atomic E-state index is 12.9. The number of nitriles is 1. The number of allylic oxidation sites excluding steroid dienone is 1. The minimum absolute atomic E-state index is 0.0163. The van der Waals surface area contributed by atoms with Crippen LogP contribution in [0.2, 0.25) is 0 Å². The minimum atomic E-state index is -1.19. The van der Waals surface area contributed by atoms with Gasteiger partial charge < -0.3 is 15.4 Å². The van der Waals surface area contributed by atoms with Gasteiger partial charge in [0, 0.05) is 11.6 Å². The average Bonchev–Trinajstić information content (AvgIpc) is 2.79. The SMILES string of the molecule is COC(=O)C1C(=O)NC(SCC(=O)Nc2ccc(C)cc2C)=C(C#N)C1c1ccc(C)cc1. The van der Waals surface area contributed by atoms with Crippen molar-refractivity contribution in [3.63, 3.8) is 0 Å². The third kappa shape index (κ3) is 5.44. The normalized spacial score (nSPS) is 17.7. The van der Waals surface area contributed by atoms with Gasteiger partial charge in [0.05, 0.1) is 29.5 Å². The van der Waals surface area contributed by atoms with Crippen LogP contribution in [0.3, 0.4) is 0 Å². The summed E-state index contributed by atoms with van der Waals surface area (Å²) in [5, 5.41) is 15.7. The zero-order valence-corrected chi connectivity index (χ0v) is 19.7. The molecular formula is C25H25N3O4S. The molecule has 7 nitrogen and oxygen atoms in total. The lowest BCUT2D eigenvalue weighted by molar-refractivity contribution is -0.150. The fraction of sp³-hybridized carbons (Fsp3) is 0.280. The molecular weight excluding hydrogens is 438 g/mol. The molecule has 0 radical (unpaired) electrons. The number of carbonyl (C=O) groups excluding carboxylic acids is 3. The van der Waals surface area contributed by atoms with E-state index in [1.165, 1.54) is 7.11 Å². The van der Waals surface area contributed by atoms with Gasteiger partial charge in [-0.1, -0.05) is 59.3 Å². The molecule has 0 saturated carbocycles.